The van der Waals surface area contributed by atoms with Crippen molar-refractivity contribution < 1.29 is 24.0 Å². The molecule has 0 heterocycles. The molecule has 0 aliphatic heterocycles. The van der Waals surface area contributed by atoms with Crippen LogP contribution in [0.15, 0.2) is 42.5 Å². The van der Waals surface area contributed by atoms with Gasteiger partial charge in [-0.3, -0.25) is 10.1 Å². The number of nitrogens with zero attached hydrogens (tertiary/aromatic N) is 1. The van der Waals surface area contributed by atoms with Gasteiger partial charge in [0, 0.05) is 22.2 Å². The van der Waals surface area contributed by atoms with Gasteiger partial charge in [0.05, 0.1) is 9.95 Å². The van der Waals surface area contributed by atoms with Gasteiger partial charge in [-0.15, -0.1) is 9.79 Å². The third-order valence-corrected chi connectivity index (χ3v) is 3.05. The van der Waals surface area contributed by atoms with E-state index in [1.54, 1.807) is 36.4 Å². The maximum Gasteiger partial charge on any atom is 0.692 e. The van der Waals surface area contributed by atoms with Crippen LogP contribution in [0, 0.1) is 10.1 Å². The summed E-state index contributed by atoms with van der Waals surface area (Å²) in [4.78, 5) is 25.0. The summed E-state index contributed by atoms with van der Waals surface area (Å²) < 4.78 is 14.4. The largest absolute Gasteiger partial charge is 0.692 e. The fraction of sp³-hybridized carbons (Fsp3) is 0.250. The highest BCUT2D eigenvalue weighted by atomic mass is 35.5. The quantitative estimate of drug-likeness (QED) is 0.379. The third-order valence-electron chi connectivity index (χ3n) is 2.74. The van der Waals surface area contributed by atoms with Crippen molar-refractivity contribution in [1.82, 2.24) is 0 Å². The molecule has 2 rings (SSSR count). The fourth-order valence-corrected chi connectivity index (χ4v) is 2.07. The van der Waals surface area contributed by atoms with Crippen LogP contribution in [-0.4, -0.2) is 20.2 Å². The summed E-state index contributed by atoms with van der Waals surface area (Å²) in [5.74, 6) is 0.977. The number of nitro groups is 1. The van der Waals surface area contributed by atoms with Crippen molar-refractivity contribution in [2.24, 2.45) is 0 Å². The fourth-order valence-electron chi connectivity index (χ4n) is 1.90. The monoisotopic (exact) mass is 401 g/mol. The van der Waals surface area contributed by atoms with Crippen LogP contribution in [0.1, 0.15) is 20.8 Å². The summed E-state index contributed by atoms with van der Waals surface area (Å²) in [7, 11) is -2.87. The second kappa shape index (κ2) is 9.45. The van der Waals surface area contributed by atoms with E-state index in [-0.39, 0.29) is 11.2 Å². The predicted molar refractivity (Wildman–Crippen MR) is 100 cm³/mol. The number of anilines is 1. The van der Waals surface area contributed by atoms with E-state index in [1.807, 2.05) is 20.8 Å². The van der Waals surface area contributed by atoms with Crippen LogP contribution >= 0.6 is 19.9 Å². The lowest BCUT2D eigenvalue weighted by Crippen LogP contribution is -2.26. The molecule has 0 aliphatic carbocycles. The van der Waals surface area contributed by atoms with Crippen LogP contribution in [0.3, 0.4) is 0 Å². The van der Waals surface area contributed by atoms with Crippen LogP contribution < -0.4 is 10.1 Å². The average Bonchev–Trinajstić information content (AvgIpc) is 2.47. The second-order valence-corrected chi connectivity index (χ2v) is 7.01. The molecular formula is C16H19ClN2O6P+. The zero-order valence-corrected chi connectivity index (χ0v) is 16.0. The van der Waals surface area contributed by atoms with Crippen LogP contribution in [0.5, 0.6) is 11.5 Å². The number of para-hydroxylation sites is 1. The van der Waals surface area contributed by atoms with Gasteiger partial charge in [0.1, 0.15) is 17.2 Å². The van der Waals surface area contributed by atoms with Crippen molar-refractivity contribution in [3.05, 3.63) is 57.6 Å². The van der Waals surface area contributed by atoms with E-state index >= 15 is 0 Å². The predicted octanol–water partition coefficient (Wildman–Crippen LogP) is 4.88. The summed E-state index contributed by atoms with van der Waals surface area (Å²) in [6, 6.07) is 11.6. The first-order valence-corrected chi connectivity index (χ1v) is 8.88. The van der Waals surface area contributed by atoms with Crippen LogP contribution in [0.2, 0.25) is 5.02 Å². The van der Waals surface area contributed by atoms with Crippen LogP contribution in [-0.2, 0) is 4.57 Å². The maximum absolute atomic E-state index is 11.1. The topological polar surface area (TPSA) is 122 Å². The Kier molecular flexibility index (Phi) is 7.92. The SMILES string of the molecule is CC(C)(C)Nc1cc(Oc2ccccc2Cl)ccc1[N+](=O)[O-].O=[P+](O)O. The number of rotatable bonds is 4. The van der Waals surface area contributed by atoms with Gasteiger partial charge >= 0.3 is 8.25 Å². The Hall–Kier alpha value is -2.25. The number of halogens is 1. The van der Waals surface area contributed by atoms with Crippen molar-refractivity contribution in [3.8, 4) is 11.5 Å². The van der Waals surface area contributed by atoms with E-state index in [0.29, 0.717) is 22.2 Å². The van der Waals surface area contributed by atoms with Crippen molar-refractivity contribution in [1.29, 1.82) is 0 Å². The Bertz CT molecular complexity index is 791. The van der Waals surface area contributed by atoms with E-state index in [0.717, 1.165) is 0 Å². The molecule has 0 fully saturated rings. The molecule has 10 heteroatoms. The molecular weight excluding hydrogens is 383 g/mol. The van der Waals surface area contributed by atoms with E-state index in [2.05, 4.69) is 5.32 Å². The number of nitro benzene ring substituents is 1. The van der Waals surface area contributed by atoms with Gasteiger partial charge < -0.3 is 10.1 Å². The Morgan fingerprint density at radius 1 is 1.19 bits per heavy atom. The molecule has 2 aromatic carbocycles. The van der Waals surface area contributed by atoms with Gasteiger partial charge in [-0.05, 0) is 39.0 Å². The first-order valence-electron chi connectivity index (χ1n) is 7.33. The molecule has 0 saturated heterocycles. The number of hydrogen-bond donors (Lipinski definition) is 3. The minimum atomic E-state index is -2.87. The summed E-state index contributed by atoms with van der Waals surface area (Å²) in [5.41, 5.74) is 0.0943. The van der Waals surface area contributed by atoms with Crippen molar-refractivity contribution in [2.75, 3.05) is 5.32 Å². The molecule has 0 saturated carbocycles. The zero-order valence-electron chi connectivity index (χ0n) is 14.3. The molecule has 26 heavy (non-hydrogen) atoms. The minimum Gasteiger partial charge on any atom is -0.456 e. The van der Waals surface area contributed by atoms with E-state index < -0.39 is 13.2 Å². The molecule has 0 aliphatic rings. The van der Waals surface area contributed by atoms with Crippen molar-refractivity contribution in [3.63, 3.8) is 0 Å². The van der Waals surface area contributed by atoms with Gasteiger partial charge in [-0.1, -0.05) is 23.7 Å². The van der Waals surface area contributed by atoms with Gasteiger partial charge in [-0.25, -0.2) is 0 Å². The van der Waals surface area contributed by atoms with Gasteiger partial charge in [0.15, 0.2) is 0 Å². The lowest BCUT2D eigenvalue weighted by Gasteiger charge is -2.22. The number of ether oxygens (including phenoxy) is 1. The molecule has 0 unspecified atom stereocenters. The Labute approximate surface area is 156 Å². The highest BCUT2D eigenvalue weighted by molar-refractivity contribution is 7.30. The summed E-state index contributed by atoms with van der Waals surface area (Å²) >= 11 is 6.05. The average molecular weight is 402 g/mol. The lowest BCUT2D eigenvalue weighted by atomic mass is 10.1. The lowest BCUT2D eigenvalue weighted by molar-refractivity contribution is -0.384. The normalized spacial score (nSPS) is 10.4. The number of nitrogens with one attached hydrogen (secondary N) is 1. The molecule has 140 valence electrons. The number of benzene rings is 2. The molecule has 0 radical (unpaired) electrons. The maximum atomic E-state index is 11.1. The second-order valence-electron chi connectivity index (χ2n) is 6.10. The van der Waals surface area contributed by atoms with E-state index in [1.165, 1.54) is 6.07 Å². The van der Waals surface area contributed by atoms with Crippen LogP contribution in [0.25, 0.3) is 0 Å². The number of hydrogen-bond acceptors (Lipinski definition) is 5. The third kappa shape index (κ3) is 7.76. The summed E-state index contributed by atoms with van der Waals surface area (Å²) in [6.45, 7) is 5.79. The van der Waals surface area contributed by atoms with Crippen molar-refractivity contribution >= 4 is 31.2 Å². The molecule has 3 N–H and O–H groups in total. The Morgan fingerprint density at radius 3 is 2.27 bits per heavy atom. The summed E-state index contributed by atoms with van der Waals surface area (Å²) in [5, 5.41) is 14.7. The molecule has 0 bridgehead atoms. The molecule has 0 amide bonds. The van der Waals surface area contributed by atoms with Gasteiger partial charge in [0.25, 0.3) is 5.69 Å². The zero-order chi connectivity index (χ0) is 19.9. The minimum absolute atomic E-state index is 0.00133. The smallest absolute Gasteiger partial charge is 0.456 e. The van der Waals surface area contributed by atoms with Gasteiger partial charge in [-0.2, -0.15) is 0 Å². The molecule has 0 atom stereocenters. The van der Waals surface area contributed by atoms with Crippen LogP contribution in [0.4, 0.5) is 11.4 Å². The molecule has 0 aromatic heterocycles. The van der Waals surface area contributed by atoms with E-state index in [9.17, 15) is 10.1 Å². The molecule has 2 aromatic rings. The Morgan fingerprint density at radius 2 is 1.77 bits per heavy atom. The highest BCUT2D eigenvalue weighted by Gasteiger charge is 2.20. The first-order chi connectivity index (χ1) is 12.0. The molecule has 8 nitrogen and oxygen atoms in total. The highest BCUT2D eigenvalue weighted by Crippen LogP contribution is 2.35. The van der Waals surface area contributed by atoms with E-state index in [4.69, 9.17) is 30.7 Å². The van der Waals surface area contributed by atoms with Gasteiger partial charge in [0.2, 0.25) is 0 Å². The standard InChI is InChI=1S/C16H17ClN2O3.HO3P/c1-16(2,3)18-13-10-11(8-9-14(13)19(20)21)22-15-7-5-4-6-12(15)17;1-4(2)3/h4-10,18H,1-3H3;(H-,1,2,3)/p+1. The summed E-state index contributed by atoms with van der Waals surface area (Å²) in [6.07, 6.45) is 0. The first kappa shape index (κ1) is 21.8. The van der Waals surface area contributed by atoms with Crippen molar-refractivity contribution in [2.45, 2.75) is 26.3 Å². The molecule has 0 spiro atoms. The Balaban J connectivity index is 0.000000765.